The molecule has 1 aliphatic rings. The lowest BCUT2D eigenvalue weighted by Gasteiger charge is -2.36. The van der Waals surface area contributed by atoms with Crippen LogP contribution in [0.3, 0.4) is 0 Å². The highest BCUT2D eigenvalue weighted by atomic mass is 32.2. The van der Waals surface area contributed by atoms with Crippen LogP contribution in [-0.2, 0) is 0 Å². The van der Waals surface area contributed by atoms with Gasteiger partial charge in [-0.15, -0.1) is 11.8 Å². The predicted octanol–water partition coefficient (Wildman–Crippen LogP) is 4.02. The van der Waals surface area contributed by atoms with Crippen LogP contribution in [-0.4, -0.2) is 59.6 Å². The first-order chi connectivity index (χ1) is 14.1. The molecule has 154 valence electrons. The Hall–Kier alpha value is -2.09. The Morgan fingerprint density at radius 3 is 2.66 bits per heavy atom. The second kappa shape index (κ2) is 9.15. The van der Waals surface area contributed by atoms with Gasteiger partial charge in [-0.05, 0) is 49.2 Å². The summed E-state index contributed by atoms with van der Waals surface area (Å²) in [6.45, 7) is 2.54. The van der Waals surface area contributed by atoms with Crippen molar-refractivity contribution < 1.29 is 13.9 Å². The average Bonchev–Trinajstić information content (AvgIpc) is 3.18. The van der Waals surface area contributed by atoms with Gasteiger partial charge in [0.05, 0.1) is 6.10 Å². The fourth-order valence-corrected chi connectivity index (χ4v) is 4.55. The van der Waals surface area contributed by atoms with Crippen LogP contribution < -0.4 is 4.90 Å². The maximum atomic E-state index is 13.0. The van der Waals surface area contributed by atoms with Gasteiger partial charge in [-0.1, -0.05) is 12.1 Å². The molecule has 2 heterocycles. The second-order valence-corrected chi connectivity index (χ2v) is 8.62. The van der Waals surface area contributed by atoms with Crippen LogP contribution in [0.2, 0.25) is 0 Å². The minimum atomic E-state index is -0.406. The molecule has 0 amide bonds. The molecule has 0 bridgehead atoms. The summed E-state index contributed by atoms with van der Waals surface area (Å²) in [6.07, 6.45) is 1.61. The lowest BCUT2D eigenvalue weighted by atomic mass is 10.0. The zero-order valence-electron chi connectivity index (χ0n) is 16.5. The molecule has 0 radical (unpaired) electrons. The number of thioether (sulfide) groups is 1. The number of aliphatic hydroxyl groups excluding tert-OH is 1. The molecule has 1 saturated heterocycles. The van der Waals surface area contributed by atoms with E-state index < -0.39 is 6.10 Å². The molecule has 0 aliphatic carbocycles. The van der Waals surface area contributed by atoms with E-state index in [1.165, 1.54) is 12.1 Å². The third-order valence-corrected chi connectivity index (χ3v) is 6.57. The van der Waals surface area contributed by atoms with Crippen molar-refractivity contribution in [2.24, 2.45) is 0 Å². The largest absolute Gasteiger partial charge is 0.423 e. The van der Waals surface area contributed by atoms with E-state index >= 15 is 0 Å². The minimum Gasteiger partial charge on any atom is -0.423 e. The lowest BCUT2D eigenvalue weighted by molar-refractivity contribution is 0.111. The van der Waals surface area contributed by atoms with E-state index in [9.17, 15) is 9.50 Å². The van der Waals surface area contributed by atoms with Gasteiger partial charge in [-0.2, -0.15) is 4.98 Å². The first-order valence-corrected chi connectivity index (χ1v) is 10.9. The number of piperidine rings is 1. The monoisotopic (exact) mass is 415 g/mol. The molecule has 1 aromatic heterocycles. The molecular formula is C22H26FN3O2S. The molecule has 29 heavy (non-hydrogen) atoms. The van der Waals surface area contributed by atoms with Gasteiger partial charge in [-0.3, -0.25) is 0 Å². The summed E-state index contributed by atoms with van der Waals surface area (Å²) < 4.78 is 18.9. The fourth-order valence-electron chi connectivity index (χ4n) is 3.73. The number of halogens is 1. The number of nitrogens with zero attached hydrogens (tertiary/aromatic N) is 3. The molecule has 1 atom stereocenters. The van der Waals surface area contributed by atoms with Crippen LogP contribution in [0, 0.1) is 5.82 Å². The van der Waals surface area contributed by atoms with Crippen LogP contribution in [0.15, 0.2) is 57.8 Å². The van der Waals surface area contributed by atoms with Crippen molar-refractivity contribution in [3.8, 4) is 0 Å². The van der Waals surface area contributed by atoms with Gasteiger partial charge in [0.2, 0.25) is 0 Å². The Morgan fingerprint density at radius 1 is 1.21 bits per heavy atom. The first-order valence-electron chi connectivity index (χ1n) is 9.95. The van der Waals surface area contributed by atoms with Crippen molar-refractivity contribution in [2.45, 2.75) is 29.9 Å². The summed E-state index contributed by atoms with van der Waals surface area (Å²) in [7, 11) is 2.04. The number of β-amino-alcohol motifs (C(OH)–C–C–N with tert-alkyl or cyclic N) is 1. The minimum absolute atomic E-state index is 0.236. The highest BCUT2D eigenvalue weighted by Crippen LogP contribution is 2.26. The van der Waals surface area contributed by atoms with Crippen molar-refractivity contribution >= 4 is 28.9 Å². The highest BCUT2D eigenvalue weighted by Gasteiger charge is 2.26. The van der Waals surface area contributed by atoms with Gasteiger partial charge in [0.25, 0.3) is 6.01 Å². The third kappa shape index (κ3) is 5.10. The zero-order valence-corrected chi connectivity index (χ0v) is 17.3. The number of hydrogen-bond acceptors (Lipinski definition) is 6. The topological polar surface area (TPSA) is 52.7 Å². The summed E-state index contributed by atoms with van der Waals surface area (Å²) >= 11 is 1.56. The van der Waals surface area contributed by atoms with Gasteiger partial charge in [0.1, 0.15) is 11.3 Å². The Bertz CT molecular complexity index is 892. The molecule has 7 heteroatoms. The number of anilines is 1. The smallest absolute Gasteiger partial charge is 0.298 e. The number of para-hydroxylation sites is 2. The van der Waals surface area contributed by atoms with Crippen molar-refractivity contribution in [1.29, 1.82) is 0 Å². The number of aromatic nitrogens is 1. The molecule has 1 unspecified atom stereocenters. The number of rotatable bonds is 7. The summed E-state index contributed by atoms with van der Waals surface area (Å²) in [6, 6.07) is 15.3. The van der Waals surface area contributed by atoms with E-state index in [2.05, 4.69) is 14.8 Å². The molecule has 0 saturated carbocycles. The van der Waals surface area contributed by atoms with E-state index in [1.54, 1.807) is 23.9 Å². The standard InChI is InChI=1S/C22H26FN3O2S/c1-25(22-24-20-4-2-3-5-21(20)28-22)17-10-12-26(13-11-17)14-18(27)15-29-19-8-6-16(23)7-9-19/h2-9,17-18,27H,10-15H2,1H3. The lowest BCUT2D eigenvalue weighted by Crippen LogP contribution is -2.46. The van der Waals surface area contributed by atoms with Crippen molar-refractivity contribution in [1.82, 2.24) is 9.88 Å². The second-order valence-electron chi connectivity index (χ2n) is 7.53. The van der Waals surface area contributed by atoms with Gasteiger partial charge in [0, 0.05) is 43.4 Å². The summed E-state index contributed by atoms with van der Waals surface area (Å²) in [5.74, 6) is 0.370. The molecule has 5 nitrogen and oxygen atoms in total. The van der Waals surface area contributed by atoms with E-state index in [-0.39, 0.29) is 5.82 Å². The van der Waals surface area contributed by atoms with Gasteiger partial charge in [-0.25, -0.2) is 4.39 Å². The van der Waals surface area contributed by atoms with Crippen LogP contribution >= 0.6 is 11.8 Å². The SMILES string of the molecule is CN(c1nc2ccccc2o1)C1CCN(CC(O)CSc2ccc(F)cc2)CC1. The van der Waals surface area contributed by atoms with E-state index in [4.69, 9.17) is 4.42 Å². The molecule has 0 spiro atoms. The summed E-state index contributed by atoms with van der Waals surface area (Å²) in [4.78, 5) is 10.0. The molecule has 2 aromatic carbocycles. The van der Waals surface area contributed by atoms with Gasteiger partial charge >= 0.3 is 0 Å². The van der Waals surface area contributed by atoms with Gasteiger partial charge < -0.3 is 19.3 Å². The van der Waals surface area contributed by atoms with Crippen LogP contribution in [0.1, 0.15) is 12.8 Å². The third-order valence-electron chi connectivity index (χ3n) is 5.41. The molecule has 3 aromatic rings. The average molecular weight is 416 g/mol. The maximum Gasteiger partial charge on any atom is 0.298 e. The summed E-state index contributed by atoms with van der Waals surface area (Å²) in [5, 5.41) is 10.4. The number of oxazole rings is 1. The number of benzene rings is 2. The van der Waals surface area contributed by atoms with Crippen molar-refractivity contribution in [2.75, 3.05) is 37.3 Å². The Labute approximate surface area is 174 Å². The molecule has 1 fully saturated rings. The predicted molar refractivity (Wildman–Crippen MR) is 115 cm³/mol. The number of fused-ring (bicyclic) bond motifs is 1. The van der Waals surface area contributed by atoms with E-state index in [1.807, 2.05) is 31.3 Å². The van der Waals surface area contributed by atoms with E-state index in [0.717, 1.165) is 41.9 Å². The van der Waals surface area contributed by atoms with E-state index in [0.29, 0.717) is 24.4 Å². The van der Waals surface area contributed by atoms with Crippen molar-refractivity contribution in [3.63, 3.8) is 0 Å². The normalized spacial score (nSPS) is 16.9. The summed E-state index contributed by atoms with van der Waals surface area (Å²) in [5.41, 5.74) is 1.70. The Balaban J connectivity index is 1.23. The van der Waals surface area contributed by atoms with Crippen LogP contribution in [0.25, 0.3) is 11.1 Å². The maximum absolute atomic E-state index is 13.0. The fraction of sp³-hybridized carbons (Fsp3) is 0.409. The van der Waals surface area contributed by atoms with Crippen molar-refractivity contribution in [3.05, 3.63) is 54.3 Å². The number of hydrogen-bond donors (Lipinski definition) is 1. The number of likely N-dealkylation sites (tertiary alicyclic amines) is 1. The Kier molecular flexibility index (Phi) is 6.37. The zero-order chi connectivity index (χ0) is 20.2. The number of aliphatic hydroxyl groups is 1. The molecule has 4 rings (SSSR count). The van der Waals surface area contributed by atoms with Gasteiger partial charge in [0.15, 0.2) is 5.58 Å². The molecular weight excluding hydrogens is 389 g/mol. The Morgan fingerprint density at radius 2 is 1.93 bits per heavy atom. The molecule has 1 aliphatic heterocycles. The van der Waals surface area contributed by atoms with Crippen LogP contribution in [0.4, 0.5) is 10.4 Å². The van der Waals surface area contributed by atoms with Crippen LogP contribution in [0.5, 0.6) is 0 Å². The molecule has 1 N–H and O–H groups in total. The first kappa shape index (κ1) is 20.2. The highest BCUT2D eigenvalue weighted by molar-refractivity contribution is 7.99. The quantitative estimate of drug-likeness (QED) is 0.588.